The first-order valence-corrected chi connectivity index (χ1v) is 7.25. The van der Waals surface area contributed by atoms with Crippen molar-refractivity contribution in [1.82, 2.24) is 24.7 Å². The number of thiazole rings is 1. The van der Waals surface area contributed by atoms with Crippen molar-refractivity contribution >= 4 is 17.4 Å². The summed E-state index contributed by atoms with van der Waals surface area (Å²) in [7, 11) is 0. The molecule has 1 aliphatic rings. The number of hydrogen-bond donors (Lipinski definition) is 0. The van der Waals surface area contributed by atoms with Crippen LogP contribution in [-0.4, -0.2) is 24.7 Å². The first-order valence-electron chi connectivity index (χ1n) is 6.37. The van der Waals surface area contributed by atoms with Gasteiger partial charge in [0.05, 0.1) is 16.1 Å². The van der Waals surface area contributed by atoms with E-state index >= 15 is 0 Å². The third-order valence-electron chi connectivity index (χ3n) is 3.30. The molecule has 0 spiro atoms. The number of nitrogens with zero attached hydrogens (tertiary/aromatic N) is 5. The minimum absolute atomic E-state index is 0.808. The maximum Gasteiger partial charge on any atom is 0.157 e. The van der Waals surface area contributed by atoms with E-state index in [1.54, 1.807) is 23.9 Å². The lowest BCUT2D eigenvalue weighted by atomic mass is 10.0. The first-order chi connectivity index (χ1) is 9.93. The van der Waals surface area contributed by atoms with Gasteiger partial charge in [0.25, 0.3) is 0 Å². The molecule has 0 unspecified atom stereocenters. The molecule has 0 atom stereocenters. The molecule has 0 radical (unpaired) electrons. The quantitative estimate of drug-likeness (QED) is 0.724. The molecule has 0 N–H and O–H groups in total. The summed E-state index contributed by atoms with van der Waals surface area (Å²) in [6.45, 7) is 0. The van der Waals surface area contributed by atoms with Crippen molar-refractivity contribution in [3.05, 3.63) is 47.6 Å². The third-order valence-corrected chi connectivity index (χ3v) is 4.08. The average Bonchev–Trinajstić information content (AvgIpc) is 3.15. The minimum atomic E-state index is 0.808. The number of hydrogen-bond acceptors (Lipinski definition) is 5. The third kappa shape index (κ3) is 1.77. The van der Waals surface area contributed by atoms with Gasteiger partial charge in [0.15, 0.2) is 5.82 Å². The van der Waals surface area contributed by atoms with Gasteiger partial charge in [0.2, 0.25) is 0 Å². The second-order valence-electron chi connectivity index (χ2n) is 4.50. The van der Waals surface area contributed by atoms with Crippen LogP contribution in [0.25, 0.3) is 22.5 Å². The van der Waals surface area contributed by atoms with Crippen LogP contribution in [-0.2, 0) is 6.42 Å². The molecule has 3 aromatic heterocycles. The van der Waals surface area contributed by atoms with E-state index in [1.807, 2.05) is 22.5 Å². The number of fused-ring (bicyclic) bond motifs is 1. The van der Waals surface area contributed by atoms with Gasteiger partial charge in [-0.05, 0) is 12.8 Å². The Bertz CT molecular complexity index is 758. The Hall–Kier alpha value is -2.34. The van der Waals surface area contributed by atoms with Gasteiger partial charge < -0.3 is 0 Å². The molecule has 0 amide bonds. The molecule has 3 aromatic rings. The predicted molar refractivity (Wildman–Crippen MR) is 77.6 cm³/mol. The summed E-state index contributed by atoms with van der Waals surface area (Å²) in [5.74, 6) is 0.808. The molecule has 4 rings (SSSR count). The van der Waals surface area contributed by atoms with Crippen LogP contribution in [0.5, 0.6) is 0 Å². The second kappa shape index (κ2) is 4.64. The first kappa shape index (κ1) is 11.5. The fraction of sp³-hybridized carbons (Fsp3) is 0.143. The molecule has 0 aliphatic heterocycles. The molecule has 0 saturated heterocycles. The minimum Gasteiger partial charge on any atom is -0.252 e. The van der Waals surface area contributed by atoms with Crippen LogP contribution in [0.1, 0.15) is 17.7 Å². The Balaban J connectivity index is 1.95. The summed E-state index contributed by atoms with van der Waals surface area (Å²) >= 11 is 1.60. The Morgan fingerprint density at radius 3 is 3.05 bits per heavy atom. The Morgan fingerprint density at radius 1 is 1.25 bits per heavy atom. The molecule has 1 aliphatic carbocycles. The monoisotopic (exact) mass is 281 g/mol. The zero-order chi connectivity index (χ0) is 13.4. The molecule has 0 bridgehead atoms. The SMILES string of the molecule is C1=Cc2c(-c3cncs3)nn(-c3ccncn3)c2CC1. The van der Waals surface area contributed by atoms with Crippen molar-refractivity contribution in [3.8, 4) is 16.4 Å². The van der Waals surface area contributed by atoms with E-state index in [2.05, 4.69) is 27.1 Å². The number of allylic oxidation sites excluding steroid dienone is 1. The molecule has 20 heavy (non-hydrogen) atoms. The summed E-state index contributed by atoms with van der Waals surface area (Å²) in [5.41, 5.74) is 5.20. The summed E-state index contributed by atoms with van der Waals surface area (Å²) < 4.78 is 1.93. The van der Waals surface area contributed by atoms with Crippen LogP contribution in [0.15, 0.2) is 36.4 Å². The summed E-state index contributed by atoms with van der Waals surface area (Å²) in [6.07, 6.45) is 11.5. The van der Waals surface area contributed by atoms with Gasteiger partial charge in [-0.1, -0.05) is 12.2 Å². The van der Waals surface area contributed by atoms with E-state index < -0.39 is 0 Å². The van der Waals surface area contributed by atoms with Crippen molar-refractivity contribution in [2.24, 2.45) is 0 Å². The van der Waals surface area contributed by atoms with Gasteiger partial charge in [0.1, 0.15) is 12.0 Å². The largest absolute Gasteiger partial charge is 0.252 e. The predicted octanol–water partition coefficient (Wildman–Crippen LogP) is 2.75. The lowest BCUT2D eigenvalue weighted by molar-refractivity contribution is 0.767. The zero-order valence-corrected chi connectivity index (χ0v) is 11.4. The zero-order valence-electron chi connectivity index (χ0n) is 10.6. The lowest BCUT2D eigenvalue weighted by Crippen LogP contribution is -2.06. The Labute approximate surface area is 119 Å². The molecular weight excluding hydrogens is 270 g/mol. The molecule has 0 aromatic carbocycles. The normalized spacial score (nSPS) is 13.4. The van der Waals surface area contributed by atoms with Gasteiger partial charge in [-0.15, -0.1) is 11.3 Å². The van der Waals surface area contributed by atoms with E-state index in [0.717, 1.165) is 29.2 Å². The standard InChI is InChI=1S/C14H11N5S/c1-2-4-11-10(3-1)14(12-7-16-9-20-12)18-19(11)13-5-6-15-8-17-13/h1,3,5-9H,2,4H2. The summed E-state index contributed by atoms with van der Waals surface area (Å²) in [5, 5.41) is 4.75. The molecule has 5 nitrogen and oxygen atoms in total. The van der Waals surface area contributed by atoms with Gasteiger partial charge in [-0.2, -0.15) is 5.10 Å². The van der Waals surface area contributed by atoms with Crippen LogP contribution in [0.3, 0.4) is 0 Å². The average molecular weight is 281 g/mol. The van der Waals surface area contributed by atoms with Crippen molar-refractivity contribution < 1.29 is 0 Å². The highest BCUT2D eigenvalue weighted by Gasteiger charge is 2.21. The maximum absolute atomic E-state index is 4.75. The van der Waals surface area contributed by atoms with Gasteiger partial charge in [-0.3, -0.25) is 4.98 Å². The van der Waals surface area contributed by atoms with E-state index in [-0.39, 0.29) is 0 Å². The smallest absolute Gasteiger partial charge is 0.157 e. The fourth-order valence-electron chi connectivity index (χ4n) is 2.42. The molecular formula is C14H11N5S. The van der Waals surface area contributed by atoms with Crippen LogP contribution < -0.4 is 0 Å². The molecule has 0 fully saturated rings. The van der Waals surface area contributed by atoms with E-state index in [4.69, 9.17) is 5.10 Å². The highest BCUT2D eigenvalue weighted by molar-refractivity contribution is 7.13. The van der Waals surface area contributed by atoms with Gasteiger partial charge >= 0.3 is 0 Å². The maximum atomic E-state index is 4.75. The van der Waals surface area contributed by atoms with Crippen LogP contribution in [0.4, 0.5) is 0 Å². The highest BCUT2D eigenvalue weighted by atomic mass is 32.1. The van der Waals surface area contributed by atoms with Gasteiger partial charge in [-0.25, -0.2) is 14.6 Å². The lowest BCUT2D eigenvalue weighted by Gasteiger charge is -2.08. The van der Waals surface area contributed by atoms with Crippen molar-refractivity contribution in [2.45, 2.75) is 12.8 Å². The Kier molecular flexibility index (Phi) is 2.67. The van der Waals surface area contributed by atoms with Gasteiger partial charge in [0, 0.05) is 24.0 Å². The van der Waals surface area contributed by atoms with Crippen molar-refractivity contribution in [1.29, 1.82) is 0 Å². The van der Waals surface area contributed by atoms with E-state index in [1.165, 1.54) is 11.3 Å². The molecule has 3 heterocycles. The van der Waals surface area contributed by atoms with Crippen molar-refractivity contribution in [3.63, 3.8) is 0 Å². The molecule has 0 saturated carbocycles. The van der Waals surface area contributed by atoms with Crippen molar-refractivity contribution in [2.75, 3.05) is 0 Å². The van der Waals surface area contributed by atoms with E-state index in [9.17, 15) is 0 Å². The summed E-state index contributed by atoms with van der Waals surface area (Å²) in [6, 6.07) is 1.88. The second-order valence-corrected chi connectivity index (χ2v) is 5.38. The van der Waals surface area contributed by atoms with Crippen LogP contribution >= 0.6 is 11.3 Å². The molecule has 98 valence electrons. The fourth-order valence-corrected chi connectivity index (χ4v) is 3.03. The van der Waals surface area contributed by atoms with E-state index in [0.29, 0.717) is 0 Å². The Morgan fingerprint density at radius 2 is 2.25 bits per heavy atom. The number of aromatic nitrogens is 5. The van der Waals surface area contributed by atoms with Crippen LogP contribution in [0, 0.1) is 0 Å². The van der Waals surface area contributed by atoms with Crippen LogP contribution in [0.2, 0.25) is 0 Å². The topological polar surface area (TPSA) is 56.5 Å². The molecule has 6 heteroatoms. The highest BCUT2D eigenvalue weighted by Crippen LogP contribution is 2.33. The summed E-state index contributed by atoms with van der Waals surface area (Å²) in [4.78, 5) is 13.5. The number of rotatable bonds is 2.